The van der Waals surface area contributed by atoms with Crippen LogP contribution in [0, 0.1) is 12.7 Å². The average Bonchev–Trinajstić information content (AvgIpc) is 2.74. The predicted octanol–water partition coefficient (Wildman–Crippen LogP) is 3.88. The lowest BCUT2D eigenvalue weighted by molar-refractivity contribution is -0.107. The van der Waals surface area contributed by atoms with Crippen molar-refractivity contribution in [2.75, 3.05) is 19.0 Å². The molecule has 0 unspecified atom stereocenters. The van der Waals surface area contributed by atoms with E-state index in [1.165, 1.54) is 7.11 Å². The van der Waals surface area contributed by atoms with Gasteiger partial charge in [-0.2, -0.15) is 0 Å². The van der Waals surface area contributed by atoms with Crippen molar-refractivity contribution in [3.05, 3.63) is 71.7 Å². The number of hydrogen-bond acceptors (Lipinski definition) is 5. The number of amides is 1. The quantitative estimate of drug-likeness (QED) is 0.596. The van der Waals surface area contributed by atoms with Crippen molar-refractivity contribution in [2.45, 2.75) is 6.92 Å². The molecular formula is C22H20FN3O3. The van der Waals surface area contributed by atoms with Crippen LogP contribution in [0.3, 0.4) is 0 Å². The number of halogens is 1. The number of pyridine rings is 1. The van der Waals surface area contributed by atoms with Crippen LogP contribution < -0.4 is 15.4 Å². The van der Waals surface area contributed by atoms with Gasteiger partial charge in [0.1, 0.15) is 12.1 Å². The van der Waals surface area contributed by atoms with E-state index in [0.29, 0.717) is 34.5 Å². The third kappa shape index (κ3) is 4.24. The average molecular weight is 393 g/mol. The van der Waals surface area contributed by atoms with Gasteiger partial charge in [-0.05, 0) is 42.3 Å². The fraction of sp³-hybridized carbons (Fsp3) is 0.136. The summed E-state index contributed by atoms with van der Waals surface area (Å²) in [5.41, 5.74) is 2.86. The zero-order valence-corrected chi connectivity index (χ0v) is 16.0. The van der Waals surface area contributed by atoms with E-state index in [1.807, 2.05) is 19.1 Å². The first-order chi connectivity index (χ1) is 14.1. The van der Waals surface area contributed by atoms with Crippen LogP contribution in [0.1, 0.15) is 15.9 Å². The van der Waals surface area contributed by atoms with Crippen LogP contribution >= 0.6 is 0 Å². The SMILES string of the molecule is COc1cccc(-c2cccc(Nc3ncccc3C(=O)NCC=O)c2C)c1F. The molecule has 29 heavy (non-hydrogen) atoms. The predicted molar refractivity (Wildman–Crippen MR) is 109 cm³/mol. The van der Waals surface area contributed by atoms with Crippen LogP contribution in [0.2, 0.25) is 0 Å². The smallest absolute Gasteiger partial charge is 0.255 e. The Morgan fingerprint density at radius 3 is 2.66 bits per heavy atom. The first-order valence-corrected chi connectivity index (χ1v) is 8.93. The summed E-state index contributed by atoms with van der Waals surface area (Å²) in [6.07, 6.45) is 2.16. The first kappa shape index (κ1) is 20.0. The fourth-order valence-corrected chi connectivity index (χ4v) is 2.98. The zero-order valence-electron chi connectivity index (χ0n) is 16.0. The Morgan fingerprint density at radius 2 is 1.90 bits per heavy atom. The maximum absolute atomic E-state index is 14.7. The van der Waals surface area contributed by atoms with Crippen molar-refractivity contribution in [1.29, 1.82) is 0 Å². The number of rotatable bonds is 7. The highest BCUT2D eigenvalue weighted by atomic mass is 19.1. The third-order valence-electron chi connectivity index (χ3n) is 4.46. The molecule has 1 amide bonds. The Balaban J connectivity index is 1.98. The Morgan fingerprint density at radius 1 is 1.14 bits per heavy atom. The van der Waals surface area contributed by atoms with Gasteiger partial charge in [0.15, 0.2) is 11.6 Å². The summed E-state index contributed by atoms with van der Waals surface area (Å²) < 4.78 is 19.8. The number of aldehydes is 1. The van der Waals surface area contributed by atoms with Crippen LogP contribution in [-0.4, -0.2) is 30.8 Å². The van der Waals surface area contributed by atoms with Crippen LogP contribution in [0.15, 0.2) is 54.7 Å². The van der Waals surface area contributed by atoms with Crippen molar-refractivity contribution in [3.63, 3.8) is 0 Å². The van der Waals surface area contributed by atoms with Gasteiger partial charge < -0.3 is 20.2 Å². The van der Waals surface area contributed by atoms with E-state index in [0.717, 1.165) is 5.56 Å². The van der Waals surface area contributed by atoms with Gasteiger partial charge in [-0.1, -0.05) is 24.3 Å². The van der Waals surface area contributed by atoms with Crippen LogP contribution in [0.25, 0.3) is 11.1 Å². The number of ether oxygens (including phenoxy) is 1. The van der Waals surface area contributed by atoms with E-state index in [9.17, 15) is 14.0 Å². The molecule has 0 aliphatic carbocycles. The van der Waals surface area contributed by atoms with Gasteiger partial charge in [-0.15, -0.1) is 0 Å². The van der Waals surface area contributed by atoms with E-state index in [1.54, 1.807) is 42.6 Å². The van der Waals surface area contributed by atoms with E-state index in [-0.39, 0.29) is 12.3 Å². The van der Waals surface area contributed by atoms with Gasteiger partial charge in [-0.3, -0.25) is 4.79 Å². The third-order valence-corrected chi connectivity index (χ3v) is 4.46. The Hall–Kier alpha value is -3.74. The van der Waals surface area contributed by atoms with Crippen molar-refractivity contribution < 1.29 is 18.7 Å². The molecule has 7 heteroatoms. The second-order valence-corrected chi connectivity index (χ2v) is 6.20. The molecule has 148 valence electrons. The van der Waals surface area contributed by atoms with Gasteiger partial charge in [-0.25, -0.2) is 9.37 Å². The summed E-state index contributed by atoms with van der Waals surface area (Å²) in [5, 5.41) is 5.64. The normalized spacial score (nSPS) is 10.3. The van der Waals surface area contributed by atoms with Gasteiger partial charge in [0.05, 0.1) is 19.2 Å². The molecular weight excluding hydrogens is 373 g/mol. The van der Waals surface area contributed by atoms with Gasteiger partial charge in [0.25, 0.3) is 5.91 Å². The Labute approximate surface area is 167 Å². The summed E-state index contributed by atoms with van der Waals surface area (Å²) in [7, 11) is 1.42. The Kier molecular flexibility index (Phi) is 6.19. The second-order valence-electron chi connectivity index (χ2n) is 6.20. The number of nitrogens with one attached hydrogen (secondary N) is 2. The molecule has 0 saturated carbocycles. The molecule has 0 fully saturated rings. The minimum Gasteiger partial charge on any atom is -0.494 e. The molecule has 6 nitrogen and oxygen atoms in total. The molecule has 1 heterocycles. The number of anilines is 2. The molecule has 1 aromatic heterocycles. The molecule has 3 rings (SSSR count). The maximum atomic E-state index is 14.7. The fourth-order valence-electron chi connectivity index (χ4n) is 2.98. The number of carbonyl (C=O) groups excluding carboxylic acids is 2. The molecule has 2 N–H and O–H groups in total. The van der Waals surface area contributed by atoms with E-state index in [2.05, 4.69) is 15.6 Å². The number of benzene rings is 2. The van der Waals surface area contributed by atoms with Gasteiger partial charge in [0, 0.05) is 17.4 Å². The molecule has 0 aliphatic rings. The van der Waals surface area contributed by atoms with E-state index in [4.69, 9.17) is 4.74 Å². The highest BCUT2D eigenvalue weighted by Crippen LogP contribution is 2.34. The number of hydrogen-bond donors (Lipinski definition) is 2. The summed E-state index contributed by atoms with van der Waals surface area (Å²) in [6, 6.07) is 13.6. The van der Waals surface area contributed by atoms with Crippen molar-refractivity contribution in [1.82, 2.24) is 10.3 Å². The molecule has 2 aromatic carbocycles. The van der Waals surface area contributed by atoms with Gasteiger partial charge in [0.2, 0.25) is 0 Å². The van der Waals surface area contributed by atoms with Crippen LogP contribution in [-0.2, 0) is 4.79 Å². The van der Waals surface area contributed by atoms with Crippen molar-refractivity contribution in [2.24, 2.45) is 0 Å². The van der Waals surface area contributed by atoms with Crippen LogP contribution in [0.4, 0.5) is 15.9 Å². The zero-order chi connectivity index (χ0) is 20.8. The monoisotopic (exact) mass is 393 g/mol. The number of methoxy groups -OCH3 is 1. The standard InChI is InChI=1S/C22H20FN3O3/c1-14-15(16-7-4-10-19(29-2)20(16)23)6-3-9-18(14)26-21-17(8-5-11-24-21)22(28)25-12-13-27/h3-11,13H,12H2,1-2H3,(H,24,26)(H,25,28). The molecule has 0 spiro atoms. The summed E-state index contributed by atoms with van der Waals surface area (Å²) in [4.78, 5) is 27.0. The lowest BCUT2D eigenvalue weighted by Crippen LogP contribution is -2.26. The molecule has 0 aliphatic heterocycles. The minimum absolute atomic E-state index is 0.0865. The van der Waals surface area contributed by atoms with E-state index >= 15 is 0 Å². The summed E-state index contributed by atoms with van der Waals surface area (Å²) in [5.74, 6) is -0.358. The number of nitrogens with zero attached hydrogens (tertiary/aromatic N) is 1. The highest BCUT2D eigenvalue weighted by molar-refractivity contribution is 6.00. The lowest BCUT2D eigenvalue weighted by atomic mass is 9.98. The molecule has 3 aromatic rings. The summed E-state index contributed by atoms with van der Waals surface area (Å²) >= 11 is 0. The lowest BCUT2D eigenvalue weighted by Gasteiger charge is -2.16. The topological polar surface area (TPSA) is 80.3 Å². The first-order valence-electron chi connectivity index (χ1n) is 8.93. The minimum atomic E-state index is -0.443. The van der Waals surface area contributed by atoms with Crippen molar-refractivity contribution in [3.8, 4) is 16.9 Å². The maximum Gasteiger partial charge on any atom is 0.255 e. The number of aromatic nitrogens is 1. The van der Waals surface area contributed by atoms with Crippen LogP contribution in [0.5, 0.6) is 5.75 Å². The molecule has 0 atom stereocenters. The van der Waals surface area contributed by atoms with E-state index < -0.39 is 11.7 Å². The number of carbonyl (C=O) groups is 2. The van der Waals surface area contributed by atoms with Gasteiger partial charge >= 0.3 is 0 Å². The second kappa shape index (κ2) is 8.97. The largest absolute Gasteiger partial charge is 0.494 e. The Bertz CT molecular complexity index is 1050. The molecule has 0 bridgehead atoms. The highest BCUT2D eigenvalue weighted by Gasteiger charge is 2.16. The molecule has 0 saturated heterocycles. The van der Waals surface area contributed by atoms with Crippen molar-refractivity contribution >= 4 is 23.7 Å². The summed E-state index contributed by atoms with van der Waals surface area (Å²) in [6.45, 7) is 1.77. The molecule has 0 radical (unpaired) electrons.